The fourth-order valence-electron chi connectivity index (χ4n) is 1.34. The predicted octanol–water partition coefficient (Wildman–Crippen LogP) is 1.92. The summed E-state index contributed by atoms with van der Waals surface area (Å²) >= 11 is 0. The lowest BCUT2D eigenvalue weighted by Crippen LogP contribution is -2.27. The minimum absolute atomic E-state index is 0.571. The molecule has 0 amide bonds. The Morgan fingerprint density at radius 1 is 1.54 bits per heavy atom. The van der Waals surface area contributed by atoms with Gasteiger partial charge in [-0.1, -0.05) is 0 Å². The molecule has 1 aliphatic carbocycles. The molecule has 0 radical (unpaired) electrons. The molecule has 0 bridgehead atoms. The maximum Gasteiger partial charge on any atom is 0.127 e. The van der Waals surface area contributed by atoms with E-state index in [1.807, 2.05) is 0 Å². The predicted molar refractivity (Wildman–Crippen MR) is 50.2 cm³/mol. The zero-order valence-electron chi connectivity index (χ0n) is 7.33. The molecule has 66 valence electrons. The van der Waals surface area contributed by atoms with Gasteiger partial charge in [-0.25, -0.2) is 4.98 Å². The van der Waals surface area contributed by atoms with Gasteiger partial charge < -0.3 is 5.32 Å². The number of hydrogen-bond acceptors (Lipinski definition) is 3. The molecule has 3 heteroatoms. The van der Waals surface area contributed by atoms with E-state index < -0.39 is 0 Å². The number of nitriles is 1. The van der Waals surface area contributed by atoms with Crippen molar-refractivity contribution < 1.29 is 0 Å². The zero-order valence-corrected chi connectivity index (χ0v) is 7.33. The van der Waals surface area contributed by atoms with Crippen molar-refractivity contribution in [2.24, 2.45) is 0 Å². The molecule has 1 aromatic heterocycles. The topological polar surface area (TPSA) is 48.7 Å². The zero-order chi connectivity index (χ0) is 9.10. The van der Waals surface area contributed by atoms with Gasteiger partial charge in [0.1, 0.15) is 5.82 Å². The summed E-state index contributed by atoms with van der Waals surface area (Å²) in [6.45, 7) is 0. The molecule has 3 nitrogen and oxygen atoms in total. The van der Waals surface area contributed by atoms with Gasteiger partial charge in [-0.05, 0) is 31.4 Å². The van der Waals surface area contributed by atoms with E-state index in [2.05, 4.69) is 16.4 Å². The Hall–Kier alpha value is -1.56. The molecule has 0 aromatic carbocycles. The highest BCUT2D eigenvalue weighted by Gasteiger charge is 2.16. The van der Waals surface area contributed by atoms with Gasteiger partial charge in [0.2, 0.25) is 0 Å². The Morgan fingerprint density at radius 2 is 2.38 bits per heavy atom. The molecule has 1 heterocycles. The van der Waals surface area contributed by atoms with E-state index in [9.17, 15) is 0 Å². The van der Waals surface area contributed by atoms with Crippen molar-refractivity contribution in [2.75, 3.05) is 5.32 Å². The highest BCUT2D eigenvalue weighted by atomic mass is 15.0. The van der Waals surface area contributed by atoms with Gasteiger partial charge >= 0.3 is 0 Å². The molecule has 0 spiro atoms. The standard InChI is InChI=1S/C10H11N3/c11-7-8-4-5-12-10(6-8)13-9-2-1-3-9/h4-6,9H,1-3H2,(H,12,13). The molecule has 1 fully saturated rings. The summed E-state index contributed by atoms with van der Waals surface area (Å²) < 4.78 is 0. The average Bonchev–Trinajstić information content (AvgIpc) is 2.12. The van der Waals surface area contributed by atoms with Gasteiger partial charge in [-0.3, -0.25) is 0 Å². The van der Waals surface area contributed by atoms with E-state index in [0.717, 1.165) is 5.82 Å². The molecule has 1 saturated carbocycles. The summed E-state index contributed by atoms with van der Waals surface area (Å²) in [4.78, 5) is 4.15. The lowest BCUT2D eigenvalue weighted by Gasteiger charge is -2.26. The molecule has 0 saturated heterocycles. The Kier molecular flexibility index (Phi) is 2.13. The third kappa shape index (κ3) is 1.78. The van der Waals surface area contributed by atoms with Crippen LogP contribution in [-0.4, -0.2) is 11.0 Å². The van der Waals surface area contributed by atoms with Gasteiger partial charge in [0.15, 0.2) is 0 Å². The molecule has 2 rings (SSSR count). The van der Waals surface area contributed by atoms with Crippen LogP contribution in [0.25, 0.3) is 0 Å². The normalized spacial score (nSPS) is 15.9. The Morgan fingerprint density at radius 3 is 3.00 bits per heavy atom. The number of anilines is 1. The first-order chi connectivity index (χ1) is 6.38. The quantitative estimate of drug-likeness (QED) is 0.743. The molecule has 0 atom stereocenters. The van der Waals surface area contributed by atoms with Crippen molar-refractivity contribution in [3.8, 4) is 6.07 Å². The van der Waals surface area contributed by atoms with Gasteiger partial charge in [-0.2, -0.15) is 5.26 Å². The van der Waals surface area contributed by atoms with Crippen LogP contribution in [0.15, 0.2) is 18.3 Å². The molecule has 1 N–H and O–H groups in total. The number of nitrogens with zero attached hydrogens (tertiary/aromatic N) is 2. The van der Waals surface area contributed by atoms with E-state index in [4.69, 9.17) is 5.26 Å². The summed E-state index contributed by atoms with van der Waals surface area (Å²) in [5.41, 5.74) is 0.664. The first-order valence-electron chi connectivity index (χ1n) is 4.51. The van der Waals surface area contributed by atoms with Crippen LogP contribution in [-0.2, 0) is 0 Å². The van der Waals surface area contributed by atoms with Crippen molar-refractivity contribution >= 4 is 5.82 Å². The molecule has 1 aromatic rings. The van der Waals surface area contributed by atoms with Gasteiger partial charge in [0.05, 0.1) is 11.6 Å². The van der Waals surface area contributed by atoms with Crippen molar-refractivity contribution in [2.45, 2.75) is 25.3 Å². The summed E-state index contributed by atoms with van der Waals surface area (Å²) in [5.74, 6) is 0.823. The van der Waals surface area contributed by atoms with E-state index >= 15 is 0 Å². The fraction of sp³-hybridized carbons (Fsp3) is 0.400. The SMILES string of the molecule is N#Cc1ccnc(NC2CCC2)c1. The Balaban J connectivity index is 2.07. The lowest BCUT2D eigenvalue weighted by molar-refractivity contribution is 0.444. The van der Waals surface area contributed by atoms with Crippen LogP contribution in [0.2, 0.25) is 0 Å². The second-order valence-electron chi connectivity index (χ2n) is 3.31. The summed E-state index contributed by atoms with van der Waals surface area (Å²) in [6.07, 6.45) is 5.41. The maximum atomic E-state index is 8.66. The molecule has 1 aliphatic rings. The van der Waals surface area contributed by atoms with E-state index in [-0.39, 0.29) is 0 Å². The molecular weight excluding hydrogens is 162 g/mol. The lowest BCUT2D eigenvalue weighted by atomic mass is 9.93. The summed E-state index contributed by atoms with van der Waals surface area (Å²) in [7, 11) is 0. The van der Waals surface area contributed by atoms with E-state index in [0.29, 0.717) is 11.6 Å². The third-order valence-corrected chi connectivity index (χ3v) is 2.35. The summed E-state index contributed by atoms with van der Waals surface area (Å²) in [5, 5.41) is 12.0. The van der Waals surface area contributed by atoms with Crippen LogP contribution < -0.4 is 5.32 Å². The Labute approximate surface area is 77.4 Å². The Bertz CT molecular complexity index is 336. The highest BCUT2D eigenvalue weighted by molar-refractivity contribution is 5.43. The number of pyridine rings is 1. The largest absolute Gasteiger partial charge is 0.367 e. The number of aromatic nitrogens is 1. The third-order valence-electron chi connectivity index (χ3n) is 2.35. The van der Waals surface area contributed by atoms with Crippen molar-refractivity contribution in [1.29, 1.82) is 5.26 Å². The van der Waals surface area contributed by atoms with Crippen LogP contribution >= 0.6 is 0 Å². The second kappa shape index (κ2) is 3.44. The molecule has 13 heavy (non-hydrogen) atoms. The van der Waals surface area contributed by atoms with Gasteiger partial charge in [-0.15, -0.1) is 0 Å². The van der Waals surface area contributed by atoms with Crippen molar-refractivity contribution in [3.63, 3.8) is 0 Å². The molecular formula is C10H11N3. The maximum absolute atomic E-state index is 8.66. The molecule has 0 aliphatic heterocycles. The second-order valence-corrected chi connectivity index (χ2v) is 3.31. The minimum atomic E-state index is 0.571. The van der Waals surface area contributed by atoms with Crippen LogP contribution in [0.5, 0.6) is 0 Å². The van der Waals surface area contributed by atoms with Crippen LogP contribution in [0.1, 0.15) is 24.8 Å². The number of nitrogens with one attached hydrogen (secondary N) is 1. The van der Waals surface area contributed by atoms with Gasteiger partial charge in [0.25, 0.3) is 0 Å². The number of rotatable bonds is 2. The van der Waals surface area contributed by atoms with Crippen molar-refractivity contribution in [3.05, 3.63) is 23.9 Å². The van der Waals surface area contributed by atoms with Gasteiger partial charge in [0, 0.05) is 12.2 Å². The van der Waals surface area contributed by atoms with Crippen LogP contribution in [0.3, 0.4) is 0 Å². The van der Waals surface area contributed by atoms with E-state index in [1.165, 1.54) is 19.3 Å². The summed E-state index contributed by atoms with van der Waals surface area (Å²) in [6, 6.07) is 6.17. The van der Waals surface area contributed by atoms with E-state index in [1.54, 1.807) is 18.3 Å². The number of hydrogen-bond donors (Lipinski definition) is 1. The first-order valence-corrected chi connectivity index (χ1v) is 4.51. The van der Waals surface area contributed by atoms with Crippen molar-refractivity contribution in [1.82, 2.24) is 4.98 Å². The smallest absolute Gasteiger partial charge is 0.127 e. The first kappa shape index (κ1) is 8.06. The monoisotopic (exact) mass is 173 g/mol. The molecule has 0 unspecified atom stereocenters. The minimum Gasteiger partial charge on any atom is -0.367 e. The average molecular weight is 173 g/mol. The van der Waals surface area contributed by atoms with Crippen LogP contribution in [0.4, 0.5) is 5.82 Å². The van der Waals surface area contributed by atoms with Crippen LogP contribution in [0, 0.1) is 11.3 Å². The fourth-order valence-corrected chi connectivity index (χ4v) is 1.34. The highest BCUT2D eigenvalue weighted by Crippen LogP contribution is 2.22.